The summed E-state index contributed by atoms with van der Waals surface area (Å²) in [6, 6.07) is 17.2. The maximum absolute atomic E-state index is 13.6. The van der Waals surface area contributed by atoms with Gasteiger partial charge in [0, 0.05) is 13.1 Å². The van der Waals surface area contributed by atoms with Gasteiger partial charge < -0.3 is 9.64 Å². The average Bonchev–Trinajstić information content (AvgIpc) is 3.34. The van der Waals surface area contributed by atoms with Gasteiger partial charge in [-0.05, 0) is 48.1 Å². The van der Waals surface area contributed by atoms with E-state index in [4.69, 9.17) is 4.74 Å². The van der Waals surface area contributed by atoms with Gasteiger partial charge in [-0.1, -0.05) is 42.5 Å². The summed E-state index contributed by atoms with van der Waals surface area (Å²) in [5.74, 6) is 0.159. The van der Waals surface area contributed by atoms with Gasteiger partial charge in [-0.3, -0.25) is 4.79 Å². The number of sulfonamides is 1. The second-order valence-corrected chi connectivity index (χ2v) is 10.3. The molecular weight excluding hydrogens is 432 g/mol. The maximum atomic E-state index is 13.6. The smallest absolute Gasteiger partial charge is 0.274 e. The molecule has 0 unspecified atom stereocenters. The number of benzene rings is 2. The zero-order valence-electron chi connectivity index (χ0n) is 17.4. The fourth-order valence-corrected chi connectivity index (χ4v) is 6.62. The lowest BCUT2D eigenvalue weighted by Crippen LogP contribution is -2.50. The van der Waals surface area contributed by atoms with Crippen LogP contribution in [0.15, 0.2) is 70.3 Å². The number of carbonyl (C=O) groups excluding carboxylic acids is 1. The van der Waals surface area contributed by atoms with Crippen LogP contribution < -0.4 is 9.04 Å². The van der Waals surface area contributed by atoms with Crippen LogP contribution in [0.25, 0.3) is 0 Å². The van der Waals surface area contributed by atoms with Crippen molar-refractivity contribution in [2.24, 2.45) is 0 Å². The van der Waals surface area contributed by atoms with Crippen LogP contribution in [0.5, 0.6) is 5.75 Å². The molecule has 3 aromatic rings. The Morgan fingerprint density at radius 1 is 1.06 bits per heavy atom. The summed E-state index contributed by atoms with van der Waals surface area (Å²) in [7, 11) is -2.47. The summed E-state index contributed by atoms with van der Waals surface area (Å²) in [5.41, 5.74) is 2.67. The zero-order valence-corrected chi connectivity index (χ0v) is 19.0. The summed E-state index contributed by atoms with van der Waals surface area (Å²) < 4.78 is 34.0. The molecule has 6 nitrogen and oxygen atoms in total. The monoisotopic (exact) mass is 456 g/mol. The third-order valence-electron chi connectivity index (χ3n) is 5.48. The number of amides is 1. The van der Waals surface area contributed by atoms with Gasteiger partial charge in [0.15, 0.2) is 0 Å². The molecule has 1 amide bonds. The van der Waals surface area contributed by atoms with Crippen molar-refractivity contribution < 1.29 is 17.9 Å². The summed E-state index contributed by atoms with van der Waals surface area (Å²) in [6.45, 7) is 2.66. The van der Waals surface area contributed by atoms with Crippen LogP contribution in [0.3, 0.4) is 0 Å². The van der Waals surface area contributed by atoms with Crippen LogP contribution in [0, 0.1) is 0 Å². The van der Waals surface area contributed by atoms with Crippen LogP contribution >= 0.6 is 11.3 Å². The van der Waals surface area contributed by atoms with Crippen LogP contribution in [-0.2, 0) is 27.8 Å². The first-order chi connectivity index (χ1) is 14.9. The number of rotatable bonds is 6. The Morgan fingerprint density at radius 3 is 2.48 bits per heavy atom. The Hall–Kier alpha value is -2.84. The molecular formula is C23H24N2O4S2. The molecule has 0 radical (unpaired) electrons. The number of nitrogens with zero attached hydrogens (tertiary/aromatic N) is 2. The summed E-state index contributed by atoms with van der Waals surface area (Å²) in [4.78, 5) is 15.3. The highest BCUT2D eigenvalue weighted by molar-refractivity contribution is 7.94. The normalized spacial score (nSPS) is 14.6. The Kier molecular flexibility index (Phi) is 6.02. The Bertz CT molecular complexity index is 1180. The van der Waals surface area contributed by atoms with Gasteiger partial charge in [0.05, 0.1) is 12.8 Å². The molecule has 0 spiro atoms. The Balaban J connectivity index is 1.72. The molecule has 31 heavy (non-hydrogen) atoms. The summed E-state index contributed by atoms with van der Waals surface area (Å²) in [6.07, 6.45) is 0.751. The molecule has 1 atom stereocenters. The average molecular weight is 457 g/mol. The number of methoxy groups -OCH3 is 1. The van der Waals surface area contributed by atoms with Crippen molar-refractivity contribution in [2.75, 3.05) is 18.0 Å². The van der Waals surface area contributed by atoms with Gasteiger partial charge in [0.2, 0.25) is 5.91 Å². The lowest BCUT2D eigenvalue weighted by Gasteiger charge is -2.35. The van der Waals surface area contributed by atoms with E-state index in [1.807, 2.05) is 18.2 Å². The first kappa shape index (κ1) is 21.4. The van der Waals surface area contributed by atoms with E-state index in [0.717, 1.165) is 23.3 Å². The van der Waals surface area contributed by atoms with E-state index in [9.17, 15) is 13.2 Å². The van der Waals surface area contributed by atoms with Crippen LogP contribution in [0.4, 0.5) is 5.69 Å². The molecule has 0 saturated heterocycles. The van der Waals surface area contributed by atoms with Crippen LogP contribution in [-0.4, -0.2) is 38.9 Å². The highest BCUT2D eigenvalue weighted by Gasteiger charge is 2.38. The molecule has 1 aliphatic heterocycles. The van der Waals surface area contributed by atoms with Gasteiger partial charge in [0.25, 0.3) is 10.0 Å². The molecule has 1 aliphatic rings. The predicted octanol–water partition coefficient (Wildman–Crippen LogP) is 3.93. The van der Waals surface area contributed by atoms with E-state index in [0.29, 0.717) is 24.5 Å². The second-order valence-electron chi connectivity index (χ2n) is 7.36. The van der Waals surface area contributed by atoms with Crippen molar-refractivity contribution >= 4 is 33.0 Å². The number of anilines is 1. The number of fused-ring (bicyclic) bond motifs is 1. The van der Waals surface area contributed by atoms with Gasteiger partial charge in [0.1, 0.15) is 16.0 Å². The van der Waals surface area contributed by atoms with Crippen molar-refractivity contribution in [3.63, 3.8) is 0 Å². The third-order valence-corrected chi connectivity index (χ3v) is 8.74. The number of ether oxygens (including phenoxy) is 1. The lowest BCUT2D eigenvalue weighted by molar-refractivity contribution is -0.132. The number of carbonyl (C=O) groups is 1. The van der Waals surface area contributed by atoms with Gasteiger partial charge >= 0.3 is 0 Å². The van der Waals surface area contributed by atoms with E-state index in [1.54, 1.807) is 53.6 Å². The minimum absolute atomic E-state index is 0.182. The molecule has 0 bridgehead atoms. The Labute approximate surface area is 186 Å². The van der Waals surface area contributed by atoms with E-state index >= 15 is 0 Å². The number of hydrogen-bond acceptors (Lipinski definition) is 5. The largest absolute Gasteiger partial charge is 0.495 e. The van der Waals surface area contributed by atoms with E-state index in [-0.39, 0.29) is 10.1 Å². The summed E-state index contributed by atoms with van der Waals surface area (Å²) >= 11 is 1.13. The van der Waals surface area contributed by atoms with Crippen molar-refractivity contribution in [1.29, 1.82) is 0 Å². The highest BCUT2D eigenvalue weighted by atomic mass is 32.2. The molecule has 0 fully saturated rings. The van der Waals surface area contributed by atoms with E-state index in [1.165, 1.54) is 17.0 Å². The molecule has 162 valence electrons. The zero-order chi connectivity index (χ0) is 22.0. The first-order valence-corrected chi connectivity index (χ1v) is 12.3. The van der Waals surface area contributed by atoms with Crippen LogP contribution in [0.1, 0.15) is 18.1 Å². The molecule has 2 heterocycles. The minimum Gasteiger partial charge on any atom is -0.495 e. The van der Waals surface area contributed by atoms with Gasteiger partial charge in [-0.15, -0.1) is 11.3 Å². The SMILES string of the molecule is COc1ccccc1N([C@@H](C)C(=O)N1CCc2ccccc2C1)S(=O)(=O)c1cccs1. The fraction of sp³-hybridized carbons (Fsp3) is 0.261. The van der Waals surface area contributed by atoms with Crippen molar-refractivity contribution in [2.45, 2.75) is 30.1 Å². The maximum Gasteiger partial charge on any atom is 0.274 e. The van der Waals surface area contributed by atoms with Crippen LogP contribution in [0.2, 0.25) is 0 Å². The van der Waals surface area contributed by atoms with Gasteiger partial charge in [-0.25, -0.2) is 12.7 Å². The quantitative estimate of drug-likeness (QED) is 0.564. The number of hydrogen-bond donors (Lipinski definition) is 0. The van der Waals surface area contributed by atoms with Crippen molar-refractivity contribution in [3.8, 4) is 5.75 Å². The fourth-order valence-electron chi connectivity index (χ4n) is 3.91. The molecule has 0 aliphatic carbocycles. The van der Waals surface area contributed by atoms with E-state index < -0.39 is 16.1 Å². The third kappa shape index (κ3) is 4.05. The number of para-hydroxylation sites is 2. The second kappa shape index (κ2) is 8.72. The van der Waals surface area contributed by atoms with Crippen molar-refractivity contribution in [1.82, 2.24) is 4.90 Å². The highest BCUT2D eigenvalue weighted by Crippen LogP contribution is 2.35. The molecule has 8 heteroatoms. The minimum atomic E-state index is -3.96. The summed E-state index contributed by atoms with van der Waals surface area (Å²) in [5, 5.41) is 1.71. The van der Waals surface area contributed by atoms with E-state index in [2.05, 4.69) is 6.07 Å². The number of thiophene rings is 1. The Morgan fingerprint density at radius 2 is 1.77 bits per heavy atom. The molecule has 2 aromatic carbocycles. The lowest BCUT2D eigenvalue weighted by atomic mass is 9.99. The topological polar surface area (TPSA) is 66.9 Å². The molecule has 1 aromatic heterocycles. The first-order valence-electron chi connectivity index (χ1n) is 10.00. The molecule has 4 rings (SSSR count). The molecule has 0 saturated carbocycles. The molecule has 0 N–H and O–H groups in total. The predicted molar refractivity (Wildman–Crippen MR) is 122 cm³/mol. The van der Waals surface area contributed by atoms with Gasteiger partial charge in [-0.2, -0.15) is 0 Å². The standard InChI is InChI=1S/C23H24N2O4S2/c1-17(23(26)24-14-13-18-8-3-4-9-19(18)16-24)25(20-10-5-6-11-21(20)29-2)31(27,28)22-12-7-15-30-22/h3-12,15,17H,13-14,16H2,1-2H3/t17-/m0/s1. The van der Waals surface area contributed by atoms with Crippen molar-refractivity contribution in [3.05, 3.63) is 77.2 Å².